The number of ether oxygens (including phenoxy) is 1. The molecule has 2 rings (SSSR count). The molecule has 0 bridgehead atoms. The van der Waals surface area contributed by atoms with E-state index in [0.717, 1.165) is 51.9 Å². The highest BCUT2D eigenvalue weighted by Gasteiger charge is 2.31. The third-order valence-corrected chi connectivity index (χ3v) is 4.37. The highest BCUT2D eigenvalue weighted by atomic mass is 16.5. The third kappa shape index (κ3) is 4.33. The molecule has 2 atom stereocenters. The molecule has 2 saturated heterocycles. The number of likely N-dealkylation sites (tertiary alicyclic amines) is 2. The molecule has 0 radical (unpaired) electrons. The van der Waals surface area contributed by atoms with Gasteiger partial charge in [0.2, 0.25) is 5.91 Å². The molecule has 0 saturated carbocycles. The van der Waals surface area contributed by atoms with Crippen molar-refractivity contribution in [1.82, 2.24) is 15.1 Å². The Hall–Kier alpha value is -1.30. The predicted molar refractivity (Wildman–Crippen MR) is 80.0 cm³/mol. The van der Waals surface area contributed by atoms with E-state index in [4.69, 9.17) is 4.74 Å². The predicted octanol–water partition coefficient (Wildman–Crippen LogP) is 1.21. The fraction of sp³-hybridized carbons (Fsp3) is 0.867. The molecule has 120 valence electrons. The van der Waals surface area contributed by atoms with Crippen LogP contribution in [-0.4, -0.2) is 66.7 Å². The van der Waals surface area contributed by atoms with Gasteiger partial charge in [0.1, 0.15) is 0 Å². The topological polar surface area (TPSA) is 61.9 Å². The molecule has 0 unspecified atom stereocenters. The van der Waals surface area contributed by atoms with Crippen molar-refractivity contribution in [1.29, 1.82) is 0 Å². The Kier molecular flexibility index (Phi) is 5.85. The van der Waals surface area contributed by atoms with Gasteiger partial charge in [-0.05, 0) is 46.1 Å². The van der Waals surface area contributed by atoms with Crippen molar-refractivity contribution in [3.8, 4) is 0 Å². The quantitative estimate of drug-likeness (QED) is 0.847. The van der Waals surface area contributed by atoms with Gasteiger partial charge in [0.25, 0.3) is 0 Å². The van der Waals surface area contributed by atoms with E-state index in [1.54, 1.807) is 6.92 Å². The summed E-state index contributed by atoms with van der Waals surface area (Å²) in [6, 6.07) is -0.0264. The normalized spacial score (nSPS) is 24.7. The van der Waals surface area contributed by atoms with Gasteiger partial charge in [-0.3, -0.25) is 9.69 Å². The van der Waals surface area contributed by atoms with Crippen LogP contribution in [0.1, 0.15) is 39.5 Å². The molecule has 1 N–H and O–H groups in total. The SMILES string of the molecule is CCOC(=O)N[C@@H]1CCCN([C@@H](C)C(=O)N2CCCC2)C1. The summed E-state index contributed by atoms with van der Waals surface area (Å²) in [4.78, 5) is 28.1. The van der Waals surface area contributed by atoms with Crippen LogP contribution in [0, 0.1) is 0 Å². The van der Waals surface area contributed by atoms with Crippen molar-refractivity contribution >= 4 is 12.0 Å². The molecule has 0 aromatic rings. The standard InChI is InChI=1S/C15H27N3O3/c1-3-21-15(20)16-13-7-6-10-18(11-13)12(2)14(19)17-8-4-5-9-17/h12-13H,3-11H2,1-2H3,(H,16,20)/t12-,13+/m0/s1. The highest BCUT2D eigenvalue weighted by molar-refractivity contribution is 5.81. The maximum absolute atomic E-state index is 12.4. The van der Waals surface area contributed by atoms with E-state index in [-0.39, 0.29) is 24.1 Å². The van der Waals surface area contributed by atoms with Gasteiger partial charge >= 0.3 is 6.09 Å². The van der Waals surface area contributed by atoms with Crippen LogP contribution in [0.2, 0.25) is 0 Å². The van der Waals surface area contributed by atoms with Gasteiger partial charge in [0.15, 0.2) is 0 Å². The number of piperidine rings is 1. The molecule has 2 aliphatic rings. The Morgan fingerprint density at radius 1 is 1.24 bits per heavy atom. The lowest BCUT2D eigenvalue weighted by molar-refractivity contribution is -0.135. The van der Waals surface area contributed by atoms with E-state index >= 15 is 0 Å². The number of hydrogen-bond acceptors (Lipinski definition) is 4. The zero-order chi connectivity index (χ0) is 15.2. The first-order valence-electron chi connectivity index (χ1n) is 8.08. The van der Waals surface area contributed by atoms with Crippen LogP contribution in [0.5, 0.6) is 0 Å². The Morgan fingerprint density at radius 3 is 2.62 bits per heavy atom. The van der Waals surface area contributed by atoms with Crippen molar-refractivity contribution in [3.05, 3.63) is 0 Å². The lowest BCUT2D eigenvalue weighted by Gasteiger charge is -2.37. The average molecular weight is 297 g/mol. The minimum absolute atomic E-state index is 0.0756. The second-order valence-corrected chi connectivity index (χ2v) is 5.91. The monoisotopic (exact) mass is 297 g/mol. The Balaban J connectivity index is 1.84. The number of rotatable bonds is 4. The second-order valence-electron chi connectivity index (χ2n) is 5.91. The summed E-state index contributed by atoms with van der Waals surface area (Å²) >= 11 is 0. The number of alkyl carbamates (subject to hydrolysis) is 1. The first-order valence-corrected chi connectivity index (χ1v) is 8.08. The molecule has 6 nitrogen and oxygen atoms in total. The van der Waals surface area contributed by atoms with E-state index in [1.807, 2.05) is 11.8 Å². The smallest absolute Gasteiger partial charge is 0.407 e. The van der Waals surface area contributed by atoms with Crippen molar-refractivity contribution in [2.75, 3.05) is 32.8 Å². The van der Waals surface area contributed by atoms with Gasteiger partial charge in [-0.2, -0.15) is 0 Å². The molecule has 2 heterocycles. The summed E-state index contributed by atoms with van der Waals surface area (Å²) in [6.07, 6.45) is 3.81. The minimum Gasteiger partial charge on any atom is -0.450 e. The second kappa shape index (κ2) is 7.64. The van der Waals surface area contributed by atoms with Gasteiger partial charge in [-0.25, -0.2) is 4.79 Å². The minimum atomic E-state index is -0.358. The van der Waals surface area contributed by atoms with Gasteiger partial charge < -0.3 is 15.0 Å². The molecule has 2 fully saturated rings. The van der Waals surface area contributed by atoms with Gasteiger partial charge in [-0.15, -0.1) is 0 Å². The Labute approximate surface area is 126 Å². The van der Waals surface area contributed by atoms with Crippen molar-refractivity contribution < 1.29 is 14.3 Å². The van der Waals surface area contributed by atoms with E-state index in [9.17, 15) is 9.59 Å². The van der Waals surface area contributed by atoms with Crippen LogP contribution in [0.3, 0.4) is 0 Å². The Morgan fingerprint density at radius 2 is 1.95 bits per heavy atom. The highest BCUT2D eigenvalue weighted by Crippen LogP contribution is 2.17. The van der Waals surface area contributed by atoms with Crippen LogP contribution in [0.15, 0.2) is 0 Å². The lowest BCUT2D eigenvalue weighted by atomic mass is 10.0. The van der Waals surface area contributed by atoms with Gasteiger partial charge in [-0.1, -0.05) is 0 Å². The molecule has 6 heteroatoms. The summed E-state index contributed by atoms with van der Waals surface area (Å²) < 4.78 is 4.93. The Bertz CT molecular complexity index is 369. The van der Waals surface area contributed by atoms with Crippen LogP contribution in [0.25, 0.3) is 0 Å². The molecule has 2 amide bonds. The molecule has 0 aromatic heterocycles. The molecule has 2 aliphatic heterocycles. The fourth-order valence-electron chi connectivity index (χ4n) is 3.17. The maximum atomic E-state index is 12.4. The summed E-state index contributed by atoms with van der Waals surface area (Å²) in [5, 5.41) is 2.89. The fourth-order valence-corrected chi connectivity index (χ4v) is 3.17. The first-order chi connectivity index (χ1) is 10.1. The van der Waals surface area contributed by atoms with E-state index in [2.05, 4.69) is 10.2 Å². The molecular weight excluding hydrogens is 270 g/mol. The first kappa shape index (κ1) is 16.1. The van der Waals surface area contributed by atoms with E-state index < -0.39 is 0 Å². The molecule has 0 aromatic carbocycles. The molecular formula is C15H27N3O3. The molecule has 21 heavy (non-hydrogen) atoms. The largest absolute Gasteiger partial charge is 0.450 e. The van der Waals surface area contributed by atoms with Gasteiger partial charge in [0, 0.05) is 25.7 Å². The zero-order valence-electron chi connectivity index (χ0n) is 13.1. The average Bonchev–Trinajstić information content (AvgIpc) is 3.00. The number of nitrogens with one attached hydrogen (secondary N) is 1. The summed E-state index contributed by atoms with van der Waals surface area (Å²) in [5.41, 5.74) is 0. The van der Waals surface area contributed by atoms with Crippen LogP contribution >= 0.6 is 0 Å². The van der Waals surface area contributed by atoms with Gasteiger partial charge in [0.05, 0.1) is 12.6 Å². The third-order valence-electron chi connectivity index (χ3n) is 4.37. The van der Waals surface area contributed by atoms with Crippen LogP contribution in [0.4, 0.5) is 4.79 Å². The molecule has 0 spiro atoms. The number of hydrogen-bond donors (Lipinski definition) is 1. The summed E-state index contributed by atoms with van der Waals surface area (Å²) in [5.74, 6) is 0.226. The number of amides is 2. The summed E-state index contributed by atoms with van der Waals surface area (Å²) in [6.45, 7) is 7.58. The van der Waals surface area contributed by atoms with Crippen molar-refractivity contribution in [2.45, 2.75) is 51.6 Å². The van der Waals surface area contributed by atoms with E-state index in [0.29, 0.717) is 6.61 Å². The number of carbonyl (C=O) groups excluding carboxylic acids is 2. The number of carbonyl (C=O) groups is 2. The lowest BCUT2D eigenvalue weighted by Crippen LogP contribution is -2.54. The zero-order valence-corrected chi connectivity index (χ0v) is 13.1. The van der Waals surface area contributed by atoms with Crippen molar-refractivity contribution in [2.24, 2.45) is 0 Å². The number of nitrogens with zero attached hydrogens (tertiary/aromatic N) is 2. The summed E-state index contributed by atoms with van der Waals surface area (Å²) in [7, 11) is 0. The molecule has 0 aliphatic carbocycles. The van der Waals surface area contributed by atoms with E-state index in [1.165, 1.54) is 0 Å². The van der Waals surface area contributed by atoms with Crippen LogP contribution < -0.4 is 5.32 Å². The maximum Gasteiger partial charge on any atom is 0.407 e. The van der Waals surface area contributed by atoms with Crippen molar-refractivity contribution in [3.63, 3.8) is 0 Å². The van der Waals surface area contributed by atoms with Crippen LogP contribution in [-0.2, 0) is 9.53 Å².